The van der Waals surface area contributed by atoms with Gasteiger partial charge in [-0.1, -0.05) is 0 Å². The molecule has 2 N–H and O–H groups in total. The zero-order valence-electron chi connectivity index (χ0n) is 14.0. The molecule has 1 rings (SSSR count). The Morgan fingerprint density at radius 3 is 2.48 bits per heavy atom. The molecule has 0 aromatic carbocycles. The first kappa shape index (κ1) is 17.8. The van der Waals surface area contributed by atoms with E-state index in [0.717, 1.165) is 12.8 Å². The predicted octanol–water partition coefficient (Wildman–Crippen LogP) is 2.17. The molecule has 1 saturated heterocycles. The lowest BCUT2D eigenvalue weighted by atomic mass is 10.2. The number of aliphatic imine (C=N–C) groups is 1. The van der Waals surface area contributed by atoms with Crippen LogP contribution in [0.25, 0.3) is 0 Å². The van der Waals surface area contributed by atoms with E-state index in [2.05, 4.69) is 4.99 Å². The van der Waals surface area contributed by atoms with Crippen LogP contribution in [0.5, 0.6) is 0 Å². The van der Waals surface area contributed by atoms with Gasteiger partial charge in [-0.15, -0.1) is 0 Å². The van der Waals surface area contributed by atoms with E-state index >= 15 is 0 Å². The number of ether oxygens (including phenoxy) is 2. The Labute approximate surface area is 127 Å². The summed E-state index contributed by atoms with van der Waals surface area (Å²) in [6.07, 6.45) is 1.27. The summed E-state index contributed by atoms with van der Waals surface area (Å²) in [6, 6.07) is -0.120. The number of carbonyl (C=O) groups is 1. The number of likely N-dealkylation sites (tertiary alicyclic amines) is 1. The molecule has 1 amide bonds. The van der Waals surface area contributed by atoms with Crippen molar-refractivity contribution in [1.82, 2.24) is 4.90 Å². The zero-order chi connectivity index (χ0) is 16.2. The molecule has 1 aliphatic heterocycles. The van der Waals surface area contributed by atoms with Crippen molar-refractivity contribution >= 4 is 11.9 Å². The highest BCUT2D eigenvalue weighted by Gasteiger charge is 2.41. The number of rotatable bonds is 4. The molecule has 122 valence electrons. The summed E-state index contributed by atoms with van der Waals surface area (Å²) in [4.78, 5) is 18.6. The maximum Gasteiger partial charge on any atom is 0.411 e. The lowest BCUT2D eigenvalue weighted by Crippen LogP contribution is -2.50. The molecule has 0 aromatic heterocycles. The second-order valence-corrected chi connectivity index (χ2v) is 6.74. The SMILES string of the molecule is COC[C@H]1CC[C@@H](/C(N)=N/C(C)C)N1C(=O)OC(C)(C)C. The van der Waals surface area contributed by atoms with Crippen molar-refractivity contribution in [3.05, 3.63) is 0 Å². The smallest absolute Gasteiger partial charge is 0.411 e. The van der Waals surface area contributed by atoms with Crippen molar-refractivity contribution in [2.24, 2.45) is 10.7 Å². The Kier molecular flexibility index (Phi) is 6.01. The fourth-order valence-corrected chi connectivity index (χ4v) is 2.50. The van der Waals surface area contributed by atoms with Crippen LogP contribution in [0.1, 0.15) is 47.5 Å². The van der Waals surface area contributed by atoms with Crippen LogP contribution in [0.3, 0.4) is 0 Å². The summed E-state index contributed by atoms with van der Waals surface area (Å²) in [5, 5.41) is 0. The minimum atomic E-state index is -0.536. The summed E-state index contributed by atoms with van der Waals surface area (Å²) in [7, 11) is 1.63. The van der Waals surface area contributed by atoms with E-state index in [0.29, 0.717) is 12.4 Å². The fourth-order valence-electron chi connectivity index (χ4n) is 2.50. The highest BCUT2D eigenvalue weighted by molar-refractivity contribution is 5.89. The maximum atomic E-state index is 12.5. The van der Waals surface area contributed by atoms with Crippen LogP contribution < -0.4 is 5.73 Å². The van der Waals surface area contributed by atoms with Crippen LogP contribution in [0.4, 0.5) is 4.79 Å². The molecule has 1 aliphatic rings. The molecule has 1 fully saturated rings. The molecule has 1 heterocycles. The van der Waals surface area contributed by atoms with Gasteiger partial charge in [-0.3, -0.25) is 9.89 Å². The second-order valence-electron chi connectivity index (χ2n) is 6.74. The van der Waals surface area contributed by atoms with Crippen LogP contribution in [0.2, 0.25) is 0 Å². The van der Waals surface area contributed by atoms with Crippen molar-refractivity contribution in [1.29, 1.82) is 0 Å². The van der Waals surface area contributed by atoms with Crippen molar-refractivity contribution in [2.45, 2.75) is 71.2 Å². The van der Waals surface area contributed by atoms with Crippen LogP contribution in [0, 0.1) is 0 Å². The number of methoxy groups -OCH3 is 1. The third-order valence-corrected chi connectivity index (χ3v) is 3.21. The second kappa shape index (κ2) is 7.11. The number of carbonyl (C=O) groups excluding carboxylic acids is 1. The molecular weight excluding hydrogens is 270 g/mol. The number of nitrogens with zero attached hydrogens (tertiary/aromatic N) is 2. The summed E-state index contributed by atoms with van der Waals surface area (Å²) in [6.45, 7) is 9.97. The predicted molar refractivity (Wildman–Crippen MR) is 83.5 cm³/mol. The molecule has 6 heteroatoms. The molecule has 0 radical (unpaired) electrons. The minimum absolute atomic E-state index is 0.0178. The Balaban J connectivity index is 2.95. The maximum absolute atomic E-state index is 12.5. The van der Waals surface area contributed by atoms with Crippen molar-refractivity contribution < 1.29 is 14.3 Å². The van der Waals surface area contributed by atoms with Crippen LogP contribution >= 0.6 is 0 Å². The van der Waals surface area contributed by atoms with Gasteiger partial charge in [-0.05, 0) is 47.5 Å². The lowest BCUT2D eigenvalue weighted by Gasteiger charge is -2.32. The molecule has 0 saturated carbocycles. The minimum Gasteiger partial charge on any atom is -0.444 e. The zero-order valence-corrected chi connectivity index (χ0v) is 14.0. The summed E-state index contributed by atoms with van der Waals surface area (Å²) < 4.78 is 10.7. The topological polar surface area (TPSA) is 77.2 Å². The van der Waals surface area contributed by atoms with E-state index in [1.54, 1.807) is 12.0 Å². The summed E-state index contributed by atoms with van der Waals surface area (Å²) >= 11 is 0. The monoisotopic (exact) mass is 299 g/mol. The van der Waals surface area contributed by atoms with Gasteiger partial charge in [0.15, 0.2) is 0 Å². The Hall–Kier alpha value is -1.30. The van der Waals surface area contributed by atoms with Gasteiger partial charge < -0.3 is 15.2 Å². The molecule has 0 unspecified atom stereocenters. The van der Waals surface area contributed by atoms with Gasteiger partial charge in [0.1, 0.15) is 11.4 Å². The normalized spacial score (nSPS) is 23.8. The molecule has 2 atom stereocenters. The molecule has 6 nitrogen and oxygen atoms in total. The van der Waals surface area contributed by atoms with E-state index in [4.69, 9.17) is 15.2 Å². The number of amides is 1. The fraction of sp³-hybridized carbons (Fsp3) is 0.867. The van der Waals surface area contributed by atoms with Crippen LogP contribution in [-0.2, 0) is 9.47 Å². The standard InChI is InChI=1S/C15H29N3O3/c1-10(2)17-13(16)12-8-7-11(9-20-6)18(12)14(19)21-15(3,4)5/h10-12H,7-9H2,1-6H3,(H2,16,17)/t11-,12+/m1/s1. The van der Waals surface area contributed by atoms with E-state index in [1.807, 2.05) is 34.6 Å². The molecular formula is C15H29N3O3. The van der Waals surface area contributed by atoms with Gasteiger partial charge >= 0.3 is 6.09 Å². The lowest BCUT2D eigenvalue weighted by molar-refractivity contribution is 0.0109. The number of nitrogens with two attached hydrogens (primary N) is 1. The van der Waals surface area contributed by atoms with Gasteiger partial charge in [0, 0.05) is 13.2 Å². The van der Waals surface area contributed by atoms with Crippen LogP contribution in [-0.4, -0.2) is 54.3 Å². The average Bonchev–Trinajstić information content (AvgIpc) is 2.70. The van der Waals surface area contributed by atoms with E-state index in [-0.39, 0.29) is 24.2 Å². The third-order valence-electron chi connectivity index (χ3n) is 3.21. The Bertz CT molecular complexity index is 388. The Morgan fingerprint density at radius 1 is 1.38 bits per heavy atom. The first-order valence-corrected chi connectivity index (χ1v) is 7.49. The van der Waals surface area contributed by atoms with Crippen LogP contribution in [0.15, 0.2) is 4.99 Å². The Morgan fingerprint density at radius 2 is 2.00 bits per heavy atom. The number of hydrogen-bond donors (Lipinski definition) is 1. The van der Waals surface area contributed by atoms with Gasteiger partial charge in [-0.25, -0.2) is 4.79 Å². The molecule has 21 heavy (non-hydrogen) atoms. The highest BCUT2D eigenvalue weighted by Crippen LogP contribution is 2.27. The first-order valence-electron chi connectivity index (χ1n) is 7.49. The van der Waals surface area contributed by atoms with Crippen molar-refractivity contribution in [2.75, 3.05) is 13.7 Å². The van der Waals surface area contributed by atoms with E-state index in [9.17, 15) is 4.79 Å². The van der Waals surface area contributed by atoms with Gasteiger partial charge in [0.2, 0.25) is 0 Å². The average molecular weight is 299 g/mol. The van der Waals surface area contributed by atoms with Gasteiger partial charge in [0.05, 0.1) is 18.7 Å². The van der Waals surface area contributed by atoms with Crippen molar-refractivity contribution in [3.8, 4) is 0 Å². The van der Waals surface area contributed by atoms with Crippen molar-refractivity contribution in [3.63, 3.8) is 0 Å². The molecule has 0 aromatic rings. The summed E-state index contributed by atoms with van der Waals surface area (Å²) in [5.41, 5.74) is 5.55. The quantitative estimate of drug-likeness (QED) is 0.637. The number of amidine groups is 1. The highest BCUT2D eigenvalue weighted by atomic mass is 16.6. The number of hydrogen-bond acceptors (Lipinski definition) is 4. The largest absolute Gasteiger partial charge is 0.444 e. The van der Waals surface area contributed by atoms with E-state index in [1.165, 1.54) is 0 Å². The third kappa shape index (κ3) is 5.19. The molecule has 0 aliphatic carbocycles. The van der Waals surface area contributed by atoms with E-state index < -0.39 is 5.60 Å². The molecule has 0 spiro atoms. The van der Waals surface area contributed by atoms with Gasteiger partial charge in [-0.2, -0.15) is 0 Å². The molecule has 0 bridgehead atoms. The van der Waals surface area contributed by atoms with Gasteiger partial charge in [0.25, 0.3) is 0 Å². The first-order chi connectivity index (χ1) is 9.65. The summed E-state index contributed by atoms with van der Waals surface area (Å²) in [5.74, 6) is 0.495.